The SMILES string of the molecule is C=C/C=C/CC(C)C(=C)n1c2ccccc2c2cc3c(cc21)c1ccccc1n3-c1cccc(C2CC2)c1C=C. The summed E-state index contributed by atoms with van der Waals surface area (Å²) < 4.78 is 4.84. The van der Waals surface area contributed by atoms with Gasteiger partial charge in [0.15, 0.2) is 0 Å². The van der Waals surface area contributed by atoms with Crippen molar-refractivity contribution in [2.75, 3.05) is 0 Å². The molecule has 0 radical (unpaired) electrons. The number of allylic oxidation sites excluding steroid dienone is 4. The van der Waals surface area contributed by atoms with E-state index < -0.39 is 0 Å². The summed E-state index contributed by atoms with van der Waals surface area (Å²) in [7, 11) is 0. The zero-order valence-electron chi connectivity index (χ0n) is 23.1. The topological polar surface area (TPSA) is 9.86 Å². The number of nitrogens with zero attached hydrogens (tertiary/aromatic N) is 2. The van der Waals surface area contributed by atoms with Crippen LogP contribution in [0.1, 0.15) is 43.2 Å². The molecule has 1 aliphatic carbocycles. The maximum Gasteiger partial charge on any atom is 0.0549 e. The third kappa shape index (κ3) is 3.71. The molecule has 2 heterocycles. The fourth-order valence-electron chi connectivity index (χ4n) is 6.47. The smallest absolute Gasteiger partial charge is 0.0549 e. The fraction of sp³-hybridized carbons (Fsp3) is 0.158. The van der Waals surface area contributed by atoms with E-state index >= 15 is 0 Å². The van der Waals surface area contributed by atoms with Gasteiger partial charge in [-0.1, -0.05) is 99.5 Å². The van der Waals surface area contributed by atoms with E-state index in [0.29, 0.717) is 5.92 Å². The van der Waals surface area contributed by atoms with E-state index in [4.69, 9.17) is 0 Å². The van der Waals surface area contributed by atoms with Crippen molar-refractivity contribution < 1.29 is 0 Å². The number of aromatic nitrogens is 2. The molecule has 196 valence electrons. The Morgan fingerprint density at radius 1 is 0.825 bits per heavy atom. The Bertz CT molecular complexity index is 2000. The van der Waals surface area contributed by atoms with Gasteiger partial charge in [-0.15, -0.1) is 0 Å². The summed E-state index contributed by atoms with van der Waals surface area (Å²) in [6.07, 6.45) is 11.5. The first-order chi connectivity index (χ1) is 19.6. The second-order valence-electron chi connectivity index (χ2n) is 11.1. The van der Waals surface area contributed by atoms with E-state index in [2.05, 4.69) is 127 Å². The summed E-state index contributed by atoms with van der Waals surface area (Å²) in [4.78, 5) is 0. The zero-order chi connectivity index (χ0) is 27.4. The minimum absolute atomic E-state index is 0.285. The molecule has 0 aliphatic heterocycles. The quantitative estimate of drug-likeness (QED) is 0.177. The Morgan fingerprint density at radius 2 is 1.50 bits per heavy atom. The molecule has 6 aromatic rings. The van der Waals surface area contributed by atoms with Gasteiger partial charge in [-0.3, -0.25) is 0 Å². The molecule has 40 heavy (non-hydrogen) atoms. The van der Waals surface area contributed by atoms with Crippen LogP contribution in [0.5, 0.6) is 0 Å². The highest BCUT2D eigenvalue weighted by Crippen LogP contribution is 2.45. The van der Waals surface area contributed by atoms with Crippen LogP contribution < -0.4 is 0 Å². The Labute approximate surface area is 235 Å². The normalized spacial score (nSPS) is 14.5. The predicted molar refractivity (Wildman–Crippen MR) is 174 cm³/mol. The van der Waals surface area contributed by atoms with Crippen LogP contribution in [-0.4, -0.2) is 9.13 Å². The second kappa shape index (κ2) is 9.57. The molecule has 2 aromatic heterocycles. The first-order valence-electron chi connectivity index (χ1n) is 14.3. The number of hydrogen-bond acceptors (Lipinski definition) is 0. The summed E-state index contributed by atoms with van der Waals surface area (Å²) >= 11 is 0. The van der Waals surface area contributed by atoms with Crippen molar-refractivity contribution >= 4 is 55.4 Å². The maximum absolute atomic E-state index is 4.61. The molecule has 0 amide bonds. The molecule has 0 spiro atoms. The Balaban J connectivity index is 1.55. The van der Waals surface area contributed by atoms with Crippen LogP contribution >= 0.6 is 0 Å². The van der Waals surface area contributed by atoms with E-state index in [9.17, 15) is 0 Å². The van der Waals surface area contributed by atoms with Crippen LogP contribution in [0.3, 0.4) is 0 Å². The number of hydrogen-bond donors (Lipinski definition) is 0. The van der Waals surface area contributed by atoms with Crippen LogP contribution in [-0.2, 0) is 0 Å². The molecule has 1 aliphatic rings. The van der Waals surface area contributed by atoms with Gasteiger partial charge in [0.1, 0.15) is 0 Å². The van der Waals surface area contributed by atoms with Gasteiger partial charge < -0.3 is 9.13 Å². The van der Waals surface area contributed by atoms with Crippen LogP contribution in [0.4, 0.5) is 0 Å². The fourth-order valence-corrected chi connectivity index (χ4v) is 6.47. The summed E-state index contributed by atoms with van der Waals surface area (Å²) in [5.41, 5.74) is 9.84. The minimum atomic E-state index is 0.285. The molecule has 2 nitrogen and oxygen atoms in total. The van der Waals surface area contributed by atoms with Crippen molar-refractivity contribution in [2.24, 2.45) is 5.92 Å². The third-order valence-corrected chi connectivity index (χ3v) is 8.66. The number of fused-ring (bicyclic) bond motifs is 6. The number of rotatable bonds is 8. The minimum Gasteiger partial charge on any atom is -0.313 e. The van der Waals surface area contributed by atoms with Crippen molar-refractivity contribution in [3.05, 3.63) is 128 Å². The summed E-state index contributed by atoms with van der Waals surface area (Å²) in [6, 6.07) is 29.1. The lowest BCUT2D eigenvalue weighted by Crippen LogP contribution is -2.04. The standard InChI is InChI=1S/C38H34N2/c1-5-7-8-14-25(3)26(4)39-35-18-11-9-15-30(35)32-24-38-33(23-37(32)39)31-16-10-12-19-36(31)40(38)34-20-13-17-29(27-21-22-27)28(34)6-2/h5-13,15-20,23-25,27H,1-2,4,14,21-22H2,3H3/b8-7+. The van der Waals surface area contributed by atoms with E-state index in [1.165, 1.54) is 73.3 Å². The Morgan fingerprint density at radius 3 is 2.23 bits per heavy atom. The monoisotopic (exact) mass is 518 g/mol. The molecule has 0 N–H and O–H groups in total. The van der Waals surface area contributed by atoms with Crippen molar-refractivity contribution in [3.63, 3.8) is 0 Å². The molecule has 2 heteroatoms. The van der Waals surface area contributed by atoms with E-state index in [0.717, 1.165) is 12.1 Å². The van der Waals surface area contributed by atoms with Crippen molar-refractivity contribution in [1.29, 1.82) is 0 Å². The van der Waals surface area contributed by atoms with Gasteiger partial charge in [-0.2, -0.15) is 0 Å². The van der Waals surface area contributed by atoms with E-state index in [1.807, 2.05) is 12.2 Å². The van der Waals surface area contributed by atoms with Crippen molar-refractivity contribution in [3.8, 4) is 5.69 Å². The maximum atomic E-state index is 4.61. The van der Waals surface area contributed by atoms with Gasteiger partial charge >= 0.3 is 0 Å². The molecule has 1 fully saturated rings. The zero-order valence-corrected chi connectivity index (χ0v) is 23.1. The highest BCUT2D eigenvalue weighted by molar-refractivity contribution is 6.19. The predicted octanol–water partition coefficient (Wildman–Crippen LogP) is 10.7. The van der Waals surface area contributed by atoms with Crippen LogP contribution in [0.15, 0.2) is 117 Å². The summed E-state index contributed by atoms with van der Waals surface area (Å²) in [5, 5.41) is 5.02. The molecule has 0 saturated heterocycles. The molecule has 1 atom stereocenters. The first-order valence-corrected chi connectivity index (χ1v) is 14.3. The van der Waals surface area contributed by atoms with E-state index in [-0.39, 0.29) is 5.92 Å². The summed E-state index contributed by atoms with van der Waals surface area (Å²) in [5.74, 6) is 0.938. The van der Waals surface area contributed by atoms with E-state index in [1.54, 1.807) is 0 Å². The summed E-state index contributed by atoms with van der Waals surface area (Å²) in [6.45, 7) is 14.9. The average molecular weight is 519 g/mol. The van der Waals surface area contributed by atoms with Gasteiger partial charge in [0.05, 0.1) is 27.8 Å². The lowest BCUT2D eigenvalue weighted by atomic mass is 10.0. The molecular formula is C38H34N2. The number of benzene rings is 4. The third-order valence-electron chi connectivity index (χ3n) is 8.66. The van der Waals surface area contributed by atoms with Crippen LogP contribution in [0, 0.1) is 5.92 Å². The van der Waals surface area contributed by atoms with Gasteiger partial charge in [0, 0.05) is 32.8 Å². The van der Waals surface area contributed by atoms with Crippen LogP contribution in [0.25, 0.3) is 61.1 Å². The molecule has 1 unspecified atom stereocenters. The average Bonchev–Trinajstić information content (AvgIpc) is 3.72. The van der Waals surface area contributed by atoms with Crippen molar-refractivity contribution in [2.45, 2.75) is 32.1 Å². The Hall–Kier alpha value is -4.56. The molecule has 7 rings (SSSR count). The second-order valence-corrected chi connectivity index (χ2v) is 11.1. The highest BCUT2D eigenvalue weighted by Gasteiger charge is 2.27. The molecule has 4 aromatic carbocycles. The molecule has 0 bridgehead atoms. The Kier molecular flexibility index (Phi) is 5.86. The number of para-hydroxylation sites is 2. The highest BCUT2D eigenvalue weighted by atomic mass is 15.0. The van der Waals surface area contributed by atoms with Gasteiger partial charge in [0.25, 0.3) is 0 Å². The van der Waals surface area contributed by atoms with Gasteiger partial charge in [0.2, 0.25) is 0 Å². The van der Waals surface area contributed by atoms with Crippen molar-refractivity contribution in [1.82, 2.24) is 9.13 Å². The first kappa shape index (κ1) is 24.5. The lowest BCUT2D eigenvalue weighted by molar-refractivity contribution is 0.734. The van der Waals surface area contributed by atoms with Gasteiger partial charge in [-0.25, -0.2) is 0 Å². The van der Waals surface area contributed by atoms with Gasteiger partial charge in [-0.05, 0) is 67.0 Å². The largest absolute Gasteiger partial charge is 0.313 e. The lowest BCUT2D eigenvalue weighted by Gasteiger charge is -2.17. The van der Waals surface area contributed by atoms with Crippen LogP contribution in [0.2, 0.25) is 0 Å². The molecular weight excluding hydrogens is 484 g/mol. The molecule has 1 saturated carbocycles.